The molecule has 90 valence electrons. The Bertz CT molecular complexity index is 318. The Morgan fingerprint density at radius 1 is 1.62 bits per heavy atom. The number of rotatable bonds is 4. The molecule has 0 radical (unpaired) electrons. The van der Waals surface area contributed by atoms with Gasteiger partial charge in [-0.05, 0) is 33.4 Å². The number of nitrogens with zero attached hydrogens (tertiary/aromatic N) is 1. The van der Waals surface area contributed by atoms with E-state index < -0.39 is 0 Å². The monoisotopic (exact) mass is 223 g/mol. The largest absolute Gasteiger partial charge is 0.449 e. The molecule has 1 aromatic heterocycles. The summed E-state index contributed by atoms with van der Waals surface area (Å²) in [4.78, 5) is 4.51. The van der Waals surface area contributed by atoms with E-state index in [2.05, 4.69) is 22.5 Å². The lowest BCUT2D eigenvalue weighted by molar-refractivity contribution is 0.367. The Kier molecular flexibility index (Phi) is 3.96. The number of nitrogens with one attached hydrogen (secondary N) is 2. The topological polar surface area (TPSA) is 50.1 Å². The zero-order valence-corrected chi connectivity index (χ0v) is 10.1. The van der Waals surface area contributed by atoms with Gasteiger partial charge in [0, 0.05) is 18.5 Å². The maximum absolute atomic E-state index is 5.50. The van der Waals surface area contributed by atoms with Gasteiger partial charge < -0.3 is 15.1 Å². The summed E-state index contributed by atoms with van der Waals surface area (Å²) in [5.74, 6) is 0.858. The molecule has 2 rings (SSSR count). The molecule has 4 nitrogen and oxygen atoms in total. The second-order valence-electron chi connectivity index (χ2n) is 4.53. The average Bonchev–Trinajstić information content (AvgIpc) is 2.78. The fourth-order valence-electron chi connectivity index (χ4n) is 2.07. The Balaban J connectivity index is 1.91. The van der Waals surface area contributed by atoms with E-state index in [-0.39, 0.29) is 6.04 Å². The van der Waals surface area contributed by atoms with Crippen molar-refractivity contribution in [2.24, 2.45) is 0 Å². The molecular formula is C12H21N3O. The Morgan fingerprint density at radius 3 is 3.19 bits per heavy atom. The molecule has 1 aliphatic rings. The van der Waals surface area contributed by atoms with E-state index in [0.717, 1.165) is 24.6 Å². The first-order chi connectivity index (χ1) is 7.79. The average molecular weight is 223 g/mol. The molecule has 1 saturated heterocycles. The van der Waals surface area contributed by atoms with Gasteiger partial charge in [0.15, 0.2) is 5.89 Å². The molecule has 2 N–H and O–H groups in total. The Labute approximate surface area is 96.8 Å². The van der Waals surface area contributed by atoms with Crippen LogP contribution in [0.1, 0.15) is 43.8 Å². The minimum absolute atomic E-state index is 0.261. The third kappa shape index (κ3) is 2.83. The summed E-state index contributed by atoms with van der Waals surface area (Å²) in [5.41, 5.74) is 0.994. The van der Waals surface area contributed by atoms with Gasteiger partial charge in [-0.2, -0.15) is 0 Å². The fraction of sp³-hybridized carbons (Fsp3) is 0.750. The molecule has 0 amide bonds. The molecule has 0 aromatic carbocycles. The highest BCUT2D eigenvalue weighted by Gasteiger charge is 2.16. The van der Waals surface area contributed by atoms with Crippen molar-refractivity contribution in [3.05, 3.63) is 17.8 Å². The van der Waals surface area contributed by atoms with Crippen molar-refractivity contribution < 1.29 is 4.42 Å². The van der Waals surface area contributed by atoms with Gasteiger partial charge in [-0.1, -0.05) is 6.42 Å². The maximum atomic E-state index is 5.50. The highest BCUT2D eigenvalue weighted by Crippen LogP contribution is 2.15. The minimum atomic E-state index is 0.261. The summed E-state index contributed by atoms with van der Waals surface area (Å²) in [6.45, 7) is 3.21. The van der Waals surface area contributed by atoms with E-state index >= 15 is 0 Å². The standard InChI is InChI=1S/C12H21N3O/c1-9(13-2)11-8-16-12(15-11)7-10-5-3-4-6-14-10/h8-10,13-14H,3-7H2,1-2H3. The first-order valence-electron chi connectivity index (χ1n) is 6.14. The van der Waals surface area contributed by atoms with E-state index in [0.29, 0.717) is 6.04 Å². The molecule has 1 aliphatic heterocycles. The predicted molar refractivity (Wildman–Crippen MR) is 63.3 cm³/mol. The van der Waals surface area contributed by atoms with Crippen molar-refractivity contribution in [1.82, 2.24) is 15.6 Å². The van der Waals surface area contributed by atoms with Gasteiger partial charge in [0.1, 0.15) is 6.26 Å². The van der Waals surface area contributed by atoms with Crippen molar-refractivity contribution in [3.8, 4) is 0 Å². The highest BCUT2D eigenvalue weighted by molar-refractivity contribution is 5.02. The highest BCUT2D eigenvalue weighted by atomic mass is 16.3. The van der Waals surface area contributed by atoms with Crippen molar-refractivity contribution >= 4 is 0 Å². The SMILES string of the molecule is CNC(C)c1coc(CC2CCCCN2)n1. The van der Waals surface area contributed by atoms with Crippen LogP contribution in [-0.2, 0) is 6.42 Å². The quantitative estimate of drug-likeness (QED) is 0.814. The number of hydrogen-bond acceptors (Lipinski definition) is 4. The van der Waals surface area contributed by atoms with E-state index in [9.17, 15) is 0 Å². The smallest absolute Gasteiger partial charge is 0.195 e. The predicted octanol–water partition coefficient (Wildman–Crippen LogP) is 1.64. The summed E-state index contributed by atoms with van der Waals surface area (Å²) in [5, 5.41) is 6.66. The lowest BCUT2D eigenvalue weighted by atomic mass is 10.0. The normalized spacial score (nSPS) is 23.2. The molecule has 16 heavy (non-hydrogen) atoms. The number of aromatic nitrogens is 1. The summed E-state index contributed by atoms with van der Waals surface area (Å²) < 4.78 is 5.50. The summed E-state index contributed by atoms with van der Waals surface area (Å²) >= 11 is 0. The van der Waals surface area contributed by atoms with E-state index in [4.69, 9.17) is 4.42 Å². The van der Waals surface area contributed by atoms with Crippen molar-refractivity contribution in [2.75, 3.05) is 13.6 Å². The molecule has 2 unspecified atom stereocenters. The molecule has 4 heteroatoms. The van der Waals surface area contributed by atoms with Gasteiger partial charge in [-0.3, -0.25) is 0 Å². The van der Waals surface area contributed by atoms with Crippen LogP contribution in [-0.4, -0.2) is 24.6 Å². The van der Waals surface area contributed by atoms with Crippen molar-refractivity contribution in [3.63, 3.8) is 0 Å². The van der Waals surface area contributed by atoms with Gasteiger partial charge in [0.2, 0.25) is 0 Å². The molecule has 0 spiro atoms. The zero-order chi connectivity index (χ0) is 11.4. The third-order valence-electron chi connectivity index (χ3n) is 3.28. The van der Waals surface area contributed by atoms with E-state index in [1.54, 1.807) is 6.26 Å². The molecule has 1 fully saturated rings. The van der Waals surface area contributed by atoms with Crippen LogP contribution in [0, 0.1) is 0 Å². The Hall–Kier alpha value is -0.870. The van der Waals surface area contributed by atoms with Crippen LogP contribution in [0.2, 0.25) is 0 Å². The van der Waals surface area contributed by atoms with Crippen LogP contribution in [0.4, 0.5) is 0 Å². The third-order valence-corrected chi connectivity index (χ3v) is 3.28. The molecule has 1 aromatic rings. The van der Waals surface area contributed by atoms with Gasteiger partial charge in [-0.15, -0.1) is 0 Å². The second-order valence-corrected chi connectivity index (χ2v) is 4.53. The summed E-state index contributed by atoms with van der Waals surface area (Å²) in [6.07, 6.45) is 6.53. The molecular weight excluding hydrogens is 202 g/mol. The van der Waals surface area contributed by atoms with Crippen molar-refractivity contribution in [2.45, 2.75) is 44.7 Å². The van der Waals surface area contributed by atoms with Crippen LogP contribution < -0.4 is 10.6 Å². The minimum Gasteiger partial charge on any atom is -0.449 e. The first-order valence-corrected chi connectivity index (χ1v) is 6.14. The van der Waals surface area contributed by atoms with Crippen molar-refractivity contribution in [1.29, 1.82) is 0 Å². The fourth-order valence-corrected chi connectivity index (χ4v) is 2.07. The molecule has 0 saturated carbocycles. The van der Waals surface area contributed by atoms with Gasteiger partial charge in [0.25, 0.3) is 0 Å². The molecule has 2 heterocycles. The van der Waals surface area contributed by atoms with Crippen LogP contribution in [0.25, 0.3) is 0 Å². The summed E-state index contributed by atoms with van der Waals surface area (Å²) in [7, 11) is 1.93. The molecule has 0 bridgehead atoms. The lowest BCUT2D eigenvalue weighted by Gasteiger charge is -2.21. The zero-order valence-electron chi connectivity index (χ0n) is 10.1. The first kappa shape index (κ1) is 11.6. The van der Waals surface area contributed by atoms with E-state index in [1.165, 1.54) is 19.3 Å². The number of piperidine rings is 1. The van der Waals surface area contributed by atoms with Crippen LogP contribution in [0.5, 0.6) is 0 Å². The van der Waals surface area contributed by atoms with Gasteiger partial charge in [-0.25, -0.2) is 4.98 Å². The number of hydrogen-bond donors (Lipinski definition) is 2. The van der Waals surface area contributed by atoms with Gasteiger partial charge >= 0.3 is 0 Å². The number of oxazole rings is 1. The van der Waals surface area contributed by atoms with Crippen LogP contribution >= 0.6 is 0 Å². The van der Waals surface area contributed by atoms with Crippen LogP contribution in [0.15, 0.2) is 10.7 Å². The summed E-state index contributed by atoms with van der Waals surface area (Å²) in [6, 6.07) is 0.807. The lowest BCUT2D eigenvalue weighted by Crippen LogP contribution is -2.35. The Morgan fingerprint density at radius 2 is 2.50 bits per heavy atom. The maximum Gasteiger partial charge on any atom is 0.195 e. The molecule has 2 atom stereocenters. The second kappa shape index (κ2) is 5.46. The van der Waals surface area contributed by atoms with Crippen LogP contribution in [0.3, 0.4) is 0 Å². The molecule has 0 aliphatic carbocycles. The van der Waals surface area contributed by atoms with E-state index in [1.807, 2.05) is 7.05 Å². The van der Waals surface area contributed by atoms with Gasteiger partial charge in [0.05, 0.1) is 5.69 Å².